The van der Waals surface area contributed by atoms with Crippen molar-refractivity contribution in [2.45, 2.75) is 59.5 Å². The lowest BCUT2D eigenvalue weighted by Gasteiger charge is -2.29. The molecule has 0 amide bonds. The van der Waals surface area contributed by atoms with Crippen molar-refractivity contribution >= 4 is 11.6 Å². The molecule has 0 aromatic heterocycles. The fourth-order valence-corrected chi connectivity index (χ4v) is 4.16. The predicted octanol–water partition coefficient (Wildman–Crippen LogP) is 5.65. The number of rotatable bonds is 5. The second-order valence-electron chi connectivity index (χ2n) is 6.84. The van der Waals surface area contributed by atoms with E-state index in [-0.39, 0.29) is 0 Å². The van der Waals surface area contributed by atoms with Crippen LogP contribution >= 0.6 is 11.6 Å². The van der Waals surface area contributed by atoms with Gasteiger partial charge in [0.05, 0.1) is 14.2 Å². The van der Waals surface area contributed by atoms with Crippen molar-refractivity contribution in [3.63, 3.8) is 0 Å². The lowest BCUT2D eigenvalue weighted by atomic mass is 9.85. The van der Waals surface area contributed by atoms with Gasteiger partial charge >= 0.3 is 0 Å². The summed E-state index contributed by atoms with van der Waals surface area (Å²) < 4.78 is 11.3. The van der Waals surface area contributed by atoms with Gasteiger partial charge in [-0.15, -0.1) is 0 Å². The Bertz CT molecular complexity index is 753. The van der Waals surface area contributed by atoms with E-state index in [4.69, 9.17) is 21.1 Å². The highest BCUT2D eigenvalue weighted by Gasteiger charge is 2.25. The Morgan fingerprint density at radius 2 is 1.78 bits per heavy atom. The first kappa shape index (κ1) is 21.6. The number of ether oxygens (including phenoxy) is 2. The topological polar surface area (TPSA) is 30.5 Å². The molecule has 1 aliphatic rings. The molecule has 1 atom stereocenters. The quantitative estimate of drug-likeness (QED) is 0.716. The fraction of sp³-hybridized carbons (Fsp3) is 0.478. The van der Waals surface area contributed by atoms with Gasteiger partial charge in [0.25, 0.3) is 0 Å². The second-order valence-corrected chi connectivity index (χ2v) is 7.28. The zero-order chi connectivity index (χ0) is 20.0. The van der Waals surface area contributed by atoms with Crippen LogP contribution in [-0.2, 0) is 19.4 Å². The van der Waals surface area contributed by atoms with E-state index in [2.05, 4.69) is 31.3 Å². The van der Waals surface area contributed by atoms with Crippen molar-refractivity contribution < 1.29 is 9.47 Å². The van der Waals surface area contributed by atoms with Crippen LogP contribution in [0.5, 0.6) is 11.5 Å². The van der Waals surface area contributed by atoms with E-state index in [0.29, 0.717) is 6.04 Å². The number of halogens is 1. The summed E-state index contributed by atoms with van der Waals surface area (Å²) in [6, 6.07) is 8.71. The minimum Gasteiger partial charge on any atom is -0.496 e. The molecule has 0 fully saturated rings. The number of aryl methyl sites for hydroxylation is 2. The zero-order valence-corrected chi connectivity index (χ0v) is 18.2. The van der Waals surface area contributed by atoms with Gasteiger partial charge in [0.1, 0.15) is 11.5 Å². The molecule has 2 aromatic carbocycles. The Hall–Kier alpha value is -1.71. The highest BCUT2D eigenvalue weighted by atomic mass is 35.5. The lowest BCUT2D eigenvalue weighted by Crippen LogP contribution is -2.34. The van der Waals surface area contributed by atoms with E-state index in [9.17, 15) is 0 Å². The Morgan fingerprint density at radius 1 is 1.04 bits per heavy atom. The molecule has 0 saturated heterocycles. The minimum absolute atomic E-state index is 0.423. The van der Waals surface area contributed by atoms with Gasteiger partial charge < -0.3 is 14.8 Å². The second kappa shape index (κ2) is 10.0. The van der Waals surface area contributed by atoms with Gasteiger partial charge in [-0.2, -0.15) is 0 Å². The van der Waals surface area contributed by atoms with Crippen molar-refractivity contribution in [2.75, 3.05) is 14.2 Å². The normalized spacial score (nSPS) is 15.4. The standard InChI is InChI=1S/C21H26ClNO2.C2H6/c1-13-7-15(10-16(22)8-13)12-23-17-5-6-18-19(11-17)21(25-4)14(2)9-20(18)24-3;1-2/h7-10,17,23H,5-6,11-12H2,1-4H3;1-2H3. The van der Waals surface area contributed by atoms with Gasteiger partial charge in [0.15, 0.2) is 0 Å². The minimum atomic E-state index is 0.423. The van der Waals surface area contributed by atoms with Gasteiger partial charge in [0.2, 0.25) is 0 Å². The van der Waals surface area contributed by atoms with Crippen molar-refractivity contribution in [1.82, 2.24) is 5.32 Å². The molecule has 0 aliphatic heterocycles. The van der Waals surface area contributed by atoms with Crippen LogP contribution in [-0.4, -0.2) is 20.3 Å². The number of nitrogens with one attached hydrogen (secondary N) is 1. The van der Waals surface area contributed by atoms with Gasteiger partial charge in [0, 0.05) is 28.7 Å². The van der Waals surface area contributed by atoms with Gasteiger partial charge in [-0.3, -0.25) is 0 Å². The van der Waals surface area contributed by atoms with E-state index in [1.807, 2.05) is 26.0 Å². The molecular weight excluding hydrogens is 358 g/mol. The van der Waals surface area contributed by atoms with Crippen LogP contribution in [0.25, 0.3) is 0 Å². The number of methoxy groups -OCH3 is 2. The maximum Gasteiger partial charge on any atom is 0.125 e. The van der Waals surface area contributed by atoms with Crippen LogP contribution in [0, 0.1) is 13.8 Å². The molecule has 3 nitrogen and oxygen atoms in total. The molecule has 0 radical (unpaired) electrons. The molecule has 4 heteroatoms. The van der Waals surface area contributed by atoms with E-state index < -0.39 is 0 Å². The van der Waals surface area contributed by atoms with Crippen LogP contribution < -0.4 is 14.8 Å². The van der Waals surface area contributed by atoms with Crippen molar-refractivity contribution in [3.05, 3.63) is 57.1 Å². The van der Waals surface area contributed by atoms with Crippen molar-refractivity contribution in [2.24, 2.45) is 0 Å². The van der Waals surface area contributed by atoms with E-state index in [0.717, 1.165) is 47.9 Å². The van der Waals surface area contributed by atoms with Crippen molar-refractivity contribution in [1.29, 1.82) is 0 Å². The fourth-order valence-electron chi connectivity index (χ4n) is 3.85. The molecule has 3 rings (SSSR count). The van der Waals surface area contributed by atoms with Crippen molar-refractivity contribution in [3.8, 4) is 11.5 Å². The SMILES string of the molecule is CC.COc1cc(C)c(OC)c2c1CCC(NCc1cc(C)cc(Cl)c1)C2. The summed E-state index contributed by atoms with van der Waals surface area (Å²) in [7, 11) is 3.49. The molecule has 0 bridgehead atoms. The highest BCUT2D eigenvalue weighted by Crippen LogP contribution is 2.38. The highest BCUT2D eigenvalue weighted by molar-refractivity contribution is 6.30. The third-order valence-corrected chi connectivity index (χ3v) is 5.17. The maximum absolute atomic E-state index is 6.17. The maximum atomic E-state index is 6.17. The molecule has 0 heterocycles. The monoisotopic (exact) mass is 389 g/mol. The molecule has 1 unspecified atom stereocenters. The van der Waals surface area contributed by atoms with Crippen LogP contribution in [0.3, 0.4) is 0 Å². The van der Waals surface area contributed by atoms with Crippen LogP contribution in [0.1, 0.15) is 48.1 Å². The number of fused-ring (bicyclic) bond motifs is 1. The smallest absolute Gasteiger partial charge is 0.125 e. The number of benzene rings is 2. The summed E-state index contributed by atoms with van der Waals surface area (Å²) >= 11 is 6.17. The lowest BCUT2D eigenvalue weighted by molar-refractivity contribution is 0.373. The van der Waals surface area contributed by atoms with Gasteiger partial charge in [-0.25, -0.2) is 0 Å². The first-order valence-electron chi connectivity index (χ1n) is 9.74. The third-order valence-electron chi connectivity index (χ3n) is 4.96. The molecule has 148 valence electrons. The van der Waals surface area contributed by atoms with Gasteiger partial charge in [-0.05, 0) is 68.0 Å². The summed E-state index contributed by atoms with van der Waals surface area (Å²) in [6.07, 6.45) is 3.05. The Morgan fingerprint density at radius 3 is 2.41 bits per heavy atom. The summed E-state index contributed by atoms with van der Waals surface area (Å²) in [5.74, 6) is 1.98. The summed E-state index contributed by atoms with van der Waals surface area (Å²) in [6.45, 7) is 8.98. The molecule has 0 spiro atoms. The molecule has 0 saturated carbocycles. The molecule has 1 N–H and O–H groups in total. The molecule has 27 heavy (non-hydrogen) atoms. The molecule has 2 aromatic rings. The predicted molar refractivity (Wildman–Crippen MR) is 114 cm³/mol. The summed E-state index contributed by atoms with van der Waals surface area (Å²) in [5.41, 5.74) is 6.13. The average molecular weight is 390 g/mol. The van der Waals surface area contributed by atoms with Crippen LogP contribution in [0.15, 0.2) is 24.3 Å². The summed E-state index contributed by atoms with van der Waals surface area (Å²) in [5, 5.41) is 4.49. The number of hydrogen-bond donors (Lipinski definition) is 1. The summed E-state index contributed by atoms with van der Waals surface area (Å²) in [4.78, 5) is 0. The number of hydrogen-bond acceptors (Lipinski definition) is 3. The van der Waals surface area contributed by atoms with E-state index in [1.54, 1.807) is 14.2 Å². The van der Waals surface area contributed by atoms with E-state index in [1.165, 1.54) is 22.3 Å². The Kier molecular flexibility index (Phi) is 8.00. The first-order valence-corrected chi connectivity index (χ1v) is 10.1. The Labute approximate surface area is 169 Å². The van der Waals surface area contributed by atoms with Crippen LogP contribution in [0.4, 0.5) is 0 Å². The average Bonchev–Trinajstić information content (AvgIpc) is 2.66. The third kappa shape index (κ3) is 5.18. The molecular formula is C23H32ClNO2. The van der Waals surface area contributed by atoms with E-state index >= 15 is 0 Å². The van der Waals surface area contributed by atoms with Gasteiger partial charge in [-0.1, -0.05) is 31.5 Å². The van der Waals surface area contributed by atoms with Crippen LogP contribution in [0.2, 0.25) is 5.02 Å². The first-order chi connectivity index (χ1) is 13.0. The zero-order valence-electron chi connectivity index (χ0n) is 17.4. The Balaban J connectivity index is 0.00000126. The largest absolute Gasteiger partial charge is 0.496 e. The molecule has 1 aliphatic carbocycles.